The van der Waals surface area contributed by atoms with Gasteiger partial charge >= 0.3 is 7.12 Å². The molecule has 0 saturated carbocycles. The van der Waals surface area contributed by atoms with E-state index in [1.165, 1.54) is 12.1 Å². The van der Waals surface area contributed by atoms with Gasteiger partial charge in [0.15, 0.2) is 11.6 Å². The highest BCUT2D eigenvalue weighted by molar-refractivity contribution is 6.58. The Labute approximate surface area is 110 Å². The van der Waals surface area contributed by atoms with E-state index in [1.54, 1.807) is 10.9 Å². The maximum absolute atomic E-state index is 13.5. The summed E-state index contributed by atoms with van der Waals surface area (Å²) >= 11 is 0. The van der Waals surface area contributed by atoms with Gasteiger partial charge in [0.25, 0.3) is 0 Å². The highest BCUT2D eigenvalue weighted by Crippen LogP contribution is 2.15. The van der Waals surface area contributed by atoms with E-state index in [0.717, 1.165) is 11.8 Å². The van der Waals surface area contributed by atoms with Crippen LogP contribution in [-0.2, 0) is 13.5 Å². The molecule has 2 N–H and O–H groups in total. The summed E-state index contributed by atoms with van der Waals surface area (Å²) in [6, 6.07) is 5.58. The maximum Gasteiger partial charge on any atom is 0.488 e. The first-order valence-corrected chi connectivity index (χ1v) is 5.83. The van der Waals surface area contributed by atoms with E-state index in [-0.39, 0.29) is 17.8 Å². The largest absolute Gasteiger partial charge is 0.490 e. The summed E-state index contributed by atoms with van der Waals surface area (Å²) in [6.07, 6.45) is 2.26. The van der Waals surface area contributed by atoms with Crippen LogP contribution in [0, 0.1) is 5.82 Å². The minimum Gasteiger partial charge on any atom is -0.490 e. The molecule has 0 amide bonds. The fraction of sp³-hybridized carbons (Fsp3) is 0.250. The fourth-order valence-corrected chi connectivity index (χ4v) is 1.70. The van der Waals surface area contributed by atoms with E-state index < -0.39 is 12.9 Å². The third kappa shape index (κ3) is 3.33. The zero-order valence-corrected chi connectivity index (χ0v) is 10.5. The van der Waals surface area contributed by atoms with E-state index in [9.17, 15) is 4.39 Å². The van der Waals surface area contributed by atoms with Crippen molar-refractivity contribution in [3.63, 3.8) is 0 Å². The van der Waals surface area contributed by atoms with Crippen LogP contribution in [0.2, 0.25) is 0 Å². The summed E-state index contributed by atoms with van der Waals surface area (Å²) in [5, 5.41) is 22.1. The van der Waals surface area contributed by atoms with Crippen LogP contribution in [0.1, 0.15) is 5.69 Å². The number of hydrogen-bond acceptors (Lipinski definition) is 4. The van der Waals surface area contributed by atoms with Gasteiger partial charge in [0.05, 0.1) is 6.61 Å². The summed E-state index contributed by atoms with van der Waals surface area (Å²) in [5.74, 6) is -0.526. The van der Waals surface area contributed by atoms with Crippen molar-refractivity contribution < 1.29 is 19.2 Å². The molecule has 5 nitrogen and oxygen atoms in total. The van der Waals surface area contributed by atoms with Crippen molar-refractivity contribution in [3.05, 3.63) is 42.0 Å². The summed E-state index contributed by atoms with van der Waals surface area (Å²) in [5.41, 5.74) is 1.16. The molecule has 0 fully saturated rings. The molecule has 0 unspecified atom stereocenters. The summed E-state index contributed by atoms with van der Waals surface area (Å²) in [4.78, 5) is 0. The molecule has 0 atom stereocenters. The van der Waals surface area contributed by atoms with Gasteiger partial charge in [-0.05, 0) is 23.7 Å². The molecule has 7 heteroatoms. The van der Waals surface area contributed by atoms with Crippen LogP contribution in [0.3, 0.4) is 0 Å². The predicted octanol–water partition coefficient (Wildman–Crippen LogP) is -0.140. The Bertz CT molecular complexity index is 560. The van der Waals surface area contributed by atoms with Crippen molar-refractivity contribution in [2.75, 3.05) is 6.61 Å². The van der Waals surface area contributed by atoms with Crippen molar-refractivity contribution in [2.24, 2.45) is 7.05 Å². The molecule has 0 aliphatic carbocycles. The SMILES string of the molecule is Cn1nccc1CCOc1cc(B(O)O)ccc1F. The summed E-state index contributed by atoms with van der Waals surface area (Å²) in [7, 11) is 0.179. The second-order valence-corrected chi connectivity index (χ2v) is 4.11. The van der Waals surface area contributed by atoms with E-state index in [2.05, 4.69) is 5.10 Å². The zero-order chi connectivity index (χ0) is 13.8. The molecule has 0 aliphatic heterocycles. The first-order valence-electron chi connectivity index (χ1n) is 5.83. The van der Waals surface area contributed by atoms with Crippen LogP contribution < -0.4 is 10.2 Å². The minimum absolute atomic E-state index is 0.00719. The van der Waals surface area contributed by atoms with Gasteiger partial charge in [0.1, 0.15) is 0 Å². The van der Waals surface area contributed by atoms with Crippen LogP contribution in [0.25, 0.3) is 0 Å². The van der Waals surface area contributed by atoms with Gasteiger partial charge in [0, 0.05) is 25.4 Å². The lowest BCUT2D eigenvalue weighted by Gasteiger charge is -2.09. The monoisotopic (exact) mass is 264 g/mol. The number of halogens is 1. The molecule has 0 saturated heterocycles. The topological polar surface area (TPSA) is 67.5 Å². The zero-order valence-electron chi connectivity index (χ0n) is 10.5. The molecular weight excluding hydrogens is 250 g/mol. The van der Waals surface area contributed by atoms with Crippen molar-refractivity contribution in [2.45, 2.75) is 6.42 Å². The van der Waals surface area contributed by atoms with E-state index >= 15 is 0 Å². The van der Waals surface area contributed by atoms with Gasteiger partial charge in [-0.25, -0.2) is 4.39 Å². The highest BCUT2D eigenvalue weighted by Gasteiger charge is 2.14. The molecule has 2 aromatic rings. The van der Waals surface area contributed by atoms with Crippen LogP contribution in [0.4, 0.5) is 4.39 Å². The third-order valence-electron chi connectivity index (χ3n) is 2.79. The molecular formula is C12H14BFN2O3. The molecule has 1 aromatic heterocycles. The number of aromatic nitrogens is 2. The van der Waals surface area contributed by atoms with Crippen molar-refractivity contribution >= 4 is 12.6 Å². The van der Waals surface area contributed by atoms with Crippen LogP contribution in [0.5, 0.6) is 5.75 Å². The normalized spacial score (nSPS) is 10.5. The molecule has 100 valence electrons. The average Bonchev–Trinajstić information content (AvgIpc) is 2.77. The Kier molecular flexibility index (Phi) is 4.18. The van der Waals surface area contributed by atoms with Gasteiger partial charge in [0.2, 0.25) is 0 Å². The van der Waals surface area contributed by atoms with Crippen LogP contribution >= 0.6 is 0 Å². The fourth-order valence-electron chi connectivity index (χ4n) is 1.70. The van der Waals surface area contributed by atoms with Crippen LogP contribution in [0.15, 0.2) is 30.5 Å². The number of aryl methyl sites for hydroxylation is 1. The highest BCUT2D eigenvalue weighted by atomic mass is 19.1. The Morgan fingerprint density at radius 1 is 1.37 bits per heavy atom. The Hall–Kier alpha value is -1.86. The van der Waals surface area contributed by atoms with E-state index in [4.69, 9.17) is 14.8 Å². The van der Waals surface area contributed by atoms with E-state index in [1.807, 2.05) is 13.1 Å². The molecule has 0 bridgehead atoms. The standard InChI is InChI=1S/C12H14BFN2O3/c1-16-10(4-6-15-16)5-7-19-12-8-9(13(17)18)2-3-11(12)14/h2-4,6,8,17-18H,5,7H2,1H3. The molecule has 2 rings (SSSR count). The number of rotatable bonds is 5. The average molecular weight is 264 g/mol. The van der Waals surface area contributed by atoms with Gasteiger partial charge in [-0.15, -0.1) is 0 Å². The lowest BCUT2D eigenvalue weighted by atomic mass is 9.80. The lowest BCUT2D eigenvalue weighted by Crippen LogP contribution is -2.29. The quantitative estimate of drug-likeness (QED) is 0.738. The molecule has 1 aromatic carbocycles. The first kappa shape index (κ1) is 13.6. The van der Waals surface area contributed by atoms with Gasteiger partial charge in [-0.1, -0.05) is 6.07 Å². The van der Waals surface area contributed by atoms with E-state index in [0.29, 0.717) is 6.42 Å². The molecule has 0 spiro atoms. The summed E-state index contributed by atoms with van der Waals surface area (Å²) in [6.45, 7) is 0.279. The van der Waals surface area contributed by atoms with Crippen molar-refractivity contribution in [1.82, 2.24) is 9.78 Å². The number of benzene rings is 1. The van der Waals surface area contributed by atoms with Gasteiger partial charge in [-0.2, -0.15) is 5.10 Å². The second kappa shape index (κ2) is 5.86. The second-order valence-electron chi connectivity index (χ2n) is 4.11. The predicted molar refractivity (Wildman–Crippen MR) is 68.6 cm³/mol. The number of hydrogen-bond donors (Lipinski definition) is 2. The molecule has 19 heavy (non-hydrogen) atoms. The molecule has 0 aliphatic rings. The molecule has 1 heterocycles. The van der Waals surface area contributed by atoms with Crippen molar-refractivity contribution in [1.29, 1.82) is 0 Å². The summed E-state index contributed by atoms with van der Waals surface area (Å²) < 4.78 is 20.5. The Balaban J connectivity index is 1.99. The number of ether oxygens (including phenoxy) is 1. The smallest absolute Gasteiger partial charge is 0.488 e. The third-order valence-corrected chi connectivity index (χ3v) is 2.79. The lowest BCUT2D eigenvalue weighted by molar-refractivity contribution is 0.302. The van der Waals surface area contributed by atoms with Crippen molar-refractivity contribution in [3.8, 4) is 5.75 Å². The van der Waals surface area contributed by atoms with Gasteiger partial charge in [-0.3, -0.25) is 4.68 Å². The number of nitrogens with zero attached hydrogens (tertiary/aromatic N) is 2. The minimum atomic E-state index is -1.64. The van der Waals surface area contributed by atoms with Crippen LogP contribution in [-0.4, -0.2) is 33.6 Å². The molecule has 0 radical (unpaired) electrons. The Morgan fingerprint density at radius 3 is 2.79 bits per heavy atom. The Morgan fingerprint density at radius 2 is 2.16 bits per heavy atom. The first-order chi connectivity index (χ1) is 9.08. The maximum atomic E-state index is 13.5. The van der Waals surface area contributed by atoms with Gasteiger partial charge < -0.3 is 14.8 Å².